The first kappa shape index (κ1) is 20.8. The van der Waals surface area contributed by atoms with Gasteiger partial charge in [-0.25, -0.2) is 4.79 Å². The van der Waals surface area contributed by atoms with Crippen LogP contribution in [0.5, 0.6) is 0 Å². The first-order valence-electron chi connectivity index (χ1n) is 8.52. The molecular weight excluding hydrogens is 316 g/mol. The van der Waals surface area contributed by atoms with Crippen LogP contribution in [-0.2, 0) is 11.3 Å². The lowest BCUT2D eigenvalue weighted by Gasteiger charge is -2.07. The fraction of sp³-hybridized carbons (Fsp3) is 0.450. The van der Waals surface area contributed by atoms with E-state index >= 15 is 0 Å². The molecule has 0 aliphatic carbocycles. The number of nitrogens with zero attached hydrogens (tertiary/aromatic N) is 2. The van der Waals surface area contributed by atoms with Crippen molar-refractivity contribution in [3.05, 3.63) is 59.2 Å². The first-order chi connectivity index (χ1) is 11.9. The molecule has 2 aromatic rings. The van der Waals surface area contributed by atoms with E-state index < -0.39 is 0 Å². The maximum Gasteiger partial charge on any atom is 0.339 e. The molecule has 0 amide bonds. The zero-order valence-corrected chi connectivity index (χ0v) is 15.7. The number of aliphatic hydroxyl groups is 1. The van der Waals surface area contributed by atoms with Gasteiger partial charge in [-0.15, -0.1) is 0 Å². The van der Waals surface area contributed by atoms with Gasteiger partial charge in [0, 0.05) is 23.8 Å². The molecule has 25 heavy (non-hydrogen) atoms. The zero-order chi connectivity index (χ0) is 18.8. The van der Waals surface area contributed by atoms with E-state index in [9.17, 15) is 4.79 Å². The van der Waals surface area contributed by atoms with Crippen LogP contribution in [0.4, 0.5) is 0 Å². The third-order valence-corrected chi connectivity index (χ3v) is 3.95. The lowest BCUT2D eigenvalue weighted by atomic mass is 10.0. The standard InChI is InChI=1S/C10H13NO2.C10H15NO/c1-7(2)9-5-4-8(6-11-9)10(12)13-3;1-3-8(2)10-5-4-9(7-12)6-11-10/h4-7H,1-3H3;4-6,8,12H,3,7H2,1-2H3. The number of esters is 1. The van der Waals surface area contributed by atoms with Crippen LogP contribution < -0.4 is 0 Å². The summed E-state index contributed by atoms with van der Waals surface area (Å²) in [5.41, 5.74) is 3.45. The van der Waals surface area contributed by atoms with Gasteiger partial charge in [0.2, 0.25) is 0 Å². The predicted octanol–water partition coefficient (Wildman–Crippen LogP) is 4.08. The van der Waals surface area contributed by atoms with Gasteiger partial charge in [-0.1, -0.05) is 33.8 Å². The number of ether oxygens (including phenoxy) is 1. The lowest BCUT2D eigenvalue weighted by Crippen LogP contribution is -2.02. The molecule has 5 nitrogen and oxygen atoms in total. The summed E-state index contributed by atoms with van der Waals surface area (Å²) < 4.78 is 4.56. The fourth-order valence-corrected chi connectivity index (χ4v) is 2.02. The minimum Gasteiger partial charge on any atom is -0.465 e. The predicted molar refractivity (Wildman–Crippen MR) is 98.5 cm³/mol. The van der Waals surface area contributed by atoms with Gasteiger partial charge in [0.05, 0.1) is 19.3 Å². The maximum absolute atomic E-state index is 11.0. The number of rotatable bonds is 5. The minimum absolute atomic E-state index is 0.0772. The SMILES string of the molecule is CCC(C)c1ccc(CO)cn1.COC(=O)c1ccc(C(C)C)nc1. The third kappa shape index (κ3) is 6.63. The van der Waals surface area contributed by atoms with Crippen molar-refractivity contribution in [3.63, 3.8) is 0 Å². The number of hydrogen-bond acceptors (Lipinski definition) is 5. The minimum atomic E-state index is -0.345. The van der Waals surface area contributed by atoms with Gasteiger partial charge >= 0.3 is 5.97 Å². The molecule has 136 valence electrons. The van der Waals surface area contributed by atoms with Gasteiger partial charge in [0.25, 0.3) is 0 Å². The molecule has 5 heteroatoms. The van der Waals surface area contributed by atoms with Crippen LogP contribution in [0.15, 0.2) is 36.7 Å². The van der Waals surface area contributed by atoms with Crippen LogP contribution in [-0.4, -0.2) is 28.2 Å². The molecule has 1 N–H and O–H groups in total. The van der Waals surface area contributed by atoms with Gasteiger partial charge < -0.3 is 9.84 Å². The summed E-state index contributed by atoms with van der Waals surface area (Å²) in [5, 5.41) is 8.78. The molecule has 2 heterocycles. The Balaban J connectivity index is 0.000000251. The van der Waals surface area contributed by atoms with E-state index in [2.05, 4.69) is 42.4 Å². The highest BCUT2D eigenvalue weighted by molar-refractivity contribution is 5.88. The summed E-state index contributed by atoms with van der Waals surface area (Å²) >= 11 is 0. The zero-order valence-electron chi connectivity index (χ0n) is 15.7. The molecule has 1 atom stereocenters. The molecule has 0 aliphatic rings. The highest BCUT2D eigenvalue weighted by Crippen LogP contribution is 2.15. The van der Waals surface area contributed by atoms with E-state index in [1.54, 1.807) is 18.5 Å². The summed E-state index contributed by atoms with van der Waals surface area (Å²) in [6.07, 6.45) is 4.38. The van der Waals surface area contributed by atoms with Gasteiger partial charge in [-0.05, 0) is 42.0 Å². The summed E-state index contributed by atoms with van der Waals surface area (Å²) in [4.78, 5) is 19.4. The van der Waals surface area contributed by atoms with Crippen LogP contribution in [0.2, 0.25) is 0 Å². The second kappa shape index (κ2) is 10.6. The molecule has 0 aliphatic heterocycles. The molecule has 0 spiro atoms. The van der Waals surface area contributed by atoms with Crippen LogP contribution in [0, 0.1) is 0 Å². The molecule has 0 fully saturated rings. The summed E-state index contributed by atoms with van der Waals surface area (Å²) in [6.45, 7) is 8.49. The topological polar surface area (TPSA) is 72.3 Å². The number of hydrogen-bond donors (Lipinski definition) is 1. The third-order valence-electron chi connectivity index (χ3n) is 3.95. The number of methoxy groups -OCH3 is 1. The summed E-state index contributed by atoms with van der Waals surface area (Å²) in [7, 11) is 1.36. The average Bonchev–Trinajstić information content (AvgIpc) is 2.67. The molecule has 0 saturated heterocycles. The molecule has 0 aromatic carbocycles. The first-order valence-corrected chi connectivity index (χ1v) is 8.52. The Morgan fingerprint density at radius 2 is 1.72 bits per heavy atom. The summed E-state index contributed by atoms with van der Waals surface area (Å²) in [6, 6.07) is 7.49. The highest BCUT2D eigenvalue weighted by Gasteiger charge is 2.06. The van der Waals surface area contributed by atoms with Crippen LogP contribution in [0.3, 0.4) is 0 Å². The van der Waals surface area contributed by atoms with E-state index in [1.165, 1.54) is 7.11 Å². The van der Waals surface area contributed by atoms with Crippen LogP contribution in [0.25, 0.3) is 0 Å². The largest absolute Gasteiger partial charge is 0.465 e. The number of carbonyl (C=O) groups excluding carboxylic acids is 1. The molecule has 2 rings (SSSR count). The molecule has 0 bridgehead atoms. The number of pyridine rings is 2. The van der Waals surface area contributed by atoms with Crippen molar-refractivity contribution in [3.8, 4) is 0 Å². The van der Waals surface area contributed by atoms with Crippen molar-refractivity contribution in [2.24, 2.45) is 0 Å². The van der Waals surface area contributed by atoms with E-state index in [0.29, 0.717) is 17.4 Å². The van der Waals surface area contributed by atoms with Crippen molar-refractivity contribution in [2.45, 2.75) is 52.6 Å². The molecule has 2 aromatic heterocycles. The van der Waals surface area contributed by atoms with E-state index in [-0.39, 0.29) is 12.6 Å². The van der Waals surface area contributed by atoms with Crippen molar-refractivity contribution >= 4 is 5.97 Å². The Bertz CT molecular complexity index is 637. The van der Waals surface area contributed by atoms with E-state index in [4.69, 9.17) is 5.11 Å². The Labute approximate surface area is 150 Å². The van der Waals surface area contributed by atoms with Crippen molar-refractivity contribution in [2.75, 3.05) is 7.11 Å². The number of aliphatic hydroxyl groups excluding tert-OH is 1. The van der Waals surface area contributed by atoms with Crippen molar-refractivity contribution in [1.82, 2.24) is 9.97 Å². The quantitative estimate of drug-likeness (QED) is 0.828. The molecule has 1 unspecified atom stereocenters. The van der Waals surface area contributed by atoms with Crippen LogP contribution in [0.1, 0.15) is 73.3 Å². The van der Waals surface area contributed by atoms with Crippen LogP contribution >= 0.6 is 0 Å². The maximum atomic E-state index is 11.0. The number of aromatic nitrogens is 2. The molecule has 0 saturated carbocycles. The molecule has 0 radical (unpaired) electrons. The lowest BCUT2D eigenvalue weighted by molar-refractivity contribution is 0.0600. The van der Waals surface area contributed by atoms with E-state index in [0.717, 1.165) is 23.4 Å². The fourth-order valence-electron chi connectivity index (χ4n) is 2.02. The monoisotopic (exact) mass is 344 g/mol. The van der Waals surface area contributed by atoms with Gasteiger partial charge in [0.15, 0.2) is 0 Å². The number of carbonyl (C=O) groups is 1. The Morgan fingerprint density at radius 3 is 2.12 bits per heavy atom. The van der Waals surface area contributed by atoms with Gasteiger partial charge in [-0.3, -0.25) is 9.97 Å². The second-order valence-corrected chi connectivity index (χ2v) is 6.18. The Hall–Kier alpha value is -2.27. The smallest absolute Gasteiger partial charge is 0.339 e. The van der Waals surface area contributed by atoms with Gasteiger partial charge in [-0.2, -0.15) is 0 Å². The summed E-state index contributed by atoms with van der Waals surface area (Å²) in [5.74, 6) is 0.548. The highest BCUT2D eigenvalue weighted by atomic mass is 16.5. The van der Waals surface area contributed by atoms with Crippen molar-refractivity contribution in [1.29, 1.82) is 0 Å². The Morgan fingerprint density at radius 1 is 1.08 bits per heavy atom. The normalized spacial score (nSPS) is 11.5. The molecular formula is C20H28N2O3. The van der Waals surface area contributed by atoms with E-state index in [1.807, 2.05) is 18.2 Å². The average molecular weight is 344 g/mol. The second-order valence-electron chi connectivity index (χ2n) is 6.18. The van der Waals surface area contributed by atoms with Crippen molar-refractivity contribution < 1.29 is 14.6 Å². The Kier molecular flexibility index (Phi) is 8.78. The van der Waals surface area contributed by atoms with Gasteiger partial charge in [0.1, 0.15) is 0 Å².